The van der Waals surface area contributed by atoms with Crippen LogP contribution in [0.15, 0.2) is 48.7 Å². The third-order valence-corrected chi connectivity index (χ3v) is 4.56. The number of aromatic nitrogens is 1. The molecule has 0 spiro atoms. The first-order valence-corrected chi connectivity index (χ1v) is 8.69. The van der Waals surface area contributed by atoms with E-state index >= 15 is 0 Å². The molecular weight excluding hydrogens is 312 g/mol. The van der Waals surface area contributed by atoms with Gasteiger partial charge in [0.15, 0.2) is 0 Å². The number of aryl methyl sites for hydroxylation is 1. The number of benzene rings is 1. The molecule has 0 aliphatic carbocycles. The Morgan fingerprint density at radius 1 is 1.08 bits per heavy atom. The number of piperazine rings is 1. The highest BCUT2D eigenvalue weighted by atomic mass is 16.2. The molecule has 25 heavy (non-hydrogen) atoms. The Hall–Kier alpha value is -2.87. The summed E-state index contributed by atoms with van der Waals surface area (Å²) in [7, 11) is 0. The highest BCUT2D eigenvalue weighted by Crippen LogP contribution is 2.16. The van der Waals surface area contributed by atoms with Crippen LogP contribution in [0.1, 0.15) is 24.1 Å². The molecule has 5 heteroatoms. The van der Waals surface area contributed by atoms with E-state index in [9.17, 15) is 4.79 Å². The van der Waals surface area contributed by atoms with E-state index in [1.54, 1.807) is 12.3 Å². The number of rotatable bonds is 5. The summed E-state index contributed by atoms with van der Waals surface area (Å²) in [6.07, 6.45) is 4.18. The number of hydrogen-bond acceptors (Lipinski definition) is 4. The highest BCUT2D eigenvalue weighted by Gasteiger charge is 2.21. The van der Waals surface area contributed by atoms with E-state index in [-0.39, 0.29) is 5.91 Å². The van der Waals surface area contributed by atoms with E-state index in [0.717, 1.165) is 44.7 Å². The van der Waals surface area contributed by atoms with E-state index < -0.39 is 0 Å². The second-order valence-electron chi connectivity index (χ2n) is 6.22. The predicted molar refractivity (Wildman–Crippen MR) is 97.1 cm³/mol. The molecule has 1 fully saturated rings. The third-order valence-electron chi connectivity index (χ3n) is 4.56. The lowest BCUT2D eigenvalue weighted by molar-refractivity contribution is -0.131. The van der Waals surface area contributed by atoms with Gasteiger partial charge in [-0.25, -0.2) is 4.98 Å². The summed E-state index contributed by atoms with van der Waals surface area (Å²) < 4.78 is 0. The van der Waals surface area contributed by atoms with E-state index in [1.165, 1.54) is 5.56 Å². The Kier molecular flexibility index (Phi) is 5.63. The van der Waals surface area contributed by atoms with Gasteiger partial charge < -0.3 is 9.80 Å². The summed E-state index contributed by atoms with van der Waals surface area (Å²) >= 11 is 0. The van der Waals surface area contributed by atoms with Crippen LogP contribution in [0.2, 0.25) is 0 Å². The Morgan fingerprint density at radius 2 is 1.84 bits per heavy atom. The van der Waals surface area contributed by atoms with Crippen molar-refractivity contribution in [1.82, 2.24) is 9.88 Å². The molecule has 3 rings (SSSR count). The largest absolute Gasteiger partial charge is 0.367 e. The molecule has 2 aromatic rings. The van der Waals surface area contributed by atoms with Crippen LogP contribution in [0.3, 0.4) is 0 Å². The molecule has 0 bridgehead atoms. The van der Waals surface area contributed by atoms with E-state index in [2.05, 4.69) is 22.0 Å². The molecule has 1 aliphatic heterocycles. The van der Waals surface area contributed by atoms with Crippen LogP contribution in [0, 0.1) is 11.3 Å². The standard InChI is InChI=1S/C20H22N4O/c21-15-18-9-10-19(16-22-18)23-11-13-24(14-12-23)20(25)8-4-7-17-5-2-1-3-6-17/h1-3,5-6,9-10,16H,4,7-8,11-14H2. The molecule has 0 unspecified atom stereocenters. The van der Waals surface area contributed by atoms with Gasteiger partial charge in [-0.3, -0.25) is 4.79 Å². The quantitative estimate of drug-likeness (QED) is 0.843. The van der Waals surface area contributed by atoms with Gasteiger partial charge in [0.1, 0.15) is 11.8 Å². The van der Waals surface area contributed by atoms with Gasteiger partial charge in [-0.15, -0.1) is 0 Å². The van der Waals surface area contributed by atoms with Gasteiger partial charge in [0, 0.05) is 32.6 Å². The van der Waals surface area contributed by atoms with Gasteiger partial charge in [0.05, 0.1) is 11.9 Å². The highest BCUT2D eigenvalue weighted by molar-refractivity contribution is 5.76. The van der Waals surface area contributed by atoms with Crippen LogP contribution in [0.5, 0.6) is 0 Å². The molecule has 5 nitrogen and oxygen atoms in total. The summed E-state index contributed by atoms with van der Waals surface area (Å²) in [6, 6.07) is 16.0. The zero-order chi connectivity index (χ0) is 17.5. The third kappa shape index (κ3) is 4.57. The lowest BCUT2D eigenvalue weighted by Gasteiger charge is -2.36. The molecule has 1 aliphatic rings. The number of amides is 1. The van der Waals surface area contributed by atoms with Crippen molar-refractivity contribution >= 4 is 11.6 Å². The van der Waals surface area contributed by atoms with Gasteiger partial charge in [0.2, 0.25) is 5.91 Å². The van der Waals surface area contributed by atoms with Crippen molar-refractivity contribution in [2.24, 2.45) is 0 Å². The van der Waals surface area contributed by atoms with Gasteiger partial charge in [-0.1, -0.05) is 30.3 Å². The minimum Gasteiger partial charge on any atom is -0.367 e. The van der Waals surface area contributed by atoms with Crippen molar-refractivity contribution in [1.29, 1.82) is 5.26 Å². The number of nitriles is 1. The fourth-order valence-electron chi connectivity index (χ4n) is 3.10. The average Bonchev–Trinajstić information content (AvgIpc) is 2.69. The SMILES string of the molecule is N#Cc1ccc(N2CCN(C(=O)CCCc3ccccc3)CC2)cn1. The van der Waals surface area contributed by atoms with Crippen LogP contribution in [-0.4, -0.2) is 42.0 Å². The minimum absolute atomic E-state index is 0.244. The monoisotopic (exact) mass is 334 g/mol. The summed E-state index contributed by atoms with van der Waals surface area (Å²) in [5.41, 5.74) is 2.72. The summed E-state index contributed by atoms with van der Waals surface area (Å²) in [5.74, 6) is 0.244. The lowest BCUT2D eigenvalue weighted by atomic mass is 10.1. The Balaban J connectivity index is 1.43. The second kappa shape index (κ2) is 8.29. The van der Waals surface area contributed by atoms with Gasteiger partial charge in [-0.2, -0.15) is 5.26 Å². The van der Waals surface area contributed by atoms with E-state index in [0.29, 0.717) is 12.1 Å². The molecule has 1 aromatic heterocycles. The molecule has 0 atom stereocenters. The number of hydrogen-bond donors (Lipinski definition) is 0. The molecule has 1 aromatic carbocycles. The minimum atomic E-state index is 0.244. The first-order chi connectivity index (χ1) is 12.3. The van der Waals surface area contributed by atoms with E-state index in [1.807, 2.05) is 35.2 Å². The van der Waals surface area contributed by atoms with Crippen molar-refractivity contribution in [2.75, 3.05) is 31.1 Å². The van der Waals surface area contributed by atoms with Crippen LogP contribution >= 0.6 is 0 Å². The molecule has 128 valence electrons. The number of anilines is 1. The summed E-state index contributed by atoms with van der Waals surface area (Å²) in [5, 5.41) is 8.81. The summed E-state index contributed by atoms with van der Waals surface area (Å²) in [4.78, 5) is 20.7. The van der Waals surface area contributed by atoms with Crippen LogP contribution < -0.4 is 4.90 Å². The van der Waals surface area contributed by atoms with Crippen LogP contribution in [0.4, 0.5) is 5.69 Å². The van der Waals surface area contributed by atoms with Gasteiger partial charge in [0.25, 0.3) is 0 Å². The van der Waals surface area contributed by atoms with Crippen molar-refractivity contribution in [3.8, 4) is 6.07 Å². The molecule has 1 amide bonds. The molecule has 2 heterocycles. The first kappa shape index (κ1) is 17.0. The van der Waals surface area contributed by atoms with Crippen LogP contribution in [-0.2, 0) is 11.2 Å². The Labute approximate surface area is 148 Å². The molecular formula is C20H22N4O. The maximum atomic E-state index is 12.4. The lowest BCUT2D eigenvalue weighted by Crippen LogP contribution is -2.48. The van der Waals surface area contributed by atoms with Gasteiger partial charge >= 0.3 is 0 Å². The smallest absolute Gasteiger partial charge is 0.222 e. The predicted octanol–water partition coefficient (Wildman–Crippen LogP) is 2.62. The van der Waals surface area contributed by atoms with Crippen molar-refractivity contribution < 1.29 is 4.79 Å². The van der Waals surface area contributed by atoms with Crippen LogP contribution in [0.25, 0.3) is 0 Å². The maximum Gasteiger partial charge on any atom is 0.222 e. The summed E-state index contributed by atoms with van der Waals surface area (Å²) in [6.45, 7) is 3.09. The second-order valence-corrected chi connectivity index (χ2v) is 6.22. The number of pyridine rings is 1. The van der Waals surface area contributed by atoms with Crippen molar-refractivity contribution in [3.63, 3.8) is 0 Å². The Bertz CT molecular complexity index is 729. The normalized spacial score (nSPS) is 14.2. The molecule has 0 radical (unpaired) electrons. The average molecular weight is 334 g/mol. The topological polar surface area (TPSA) is 60.2 Å². The molecule has 0 N–H and O–H groups in total. The van der Waals surface area contributed by atoms with Gasteiger partial charge in [-0.05, 0) is 30.5 Å². The first-order valence-electron chi connectivity index (χ1n) is 8.69. The molecule has 1 saturated heterocycles. The van der Waals surface area contributed by atoms with Crippen molar-refractivity contribution in [3.05, 3.63) is 59.9 Å². The van der Waals surface area contributed by atoms with Crippen molar-refractivity contribution in [2.45, 2.75) is 19.3 Å². The number of carbonyl (C=O) groups is 1. The molecule has 0 saturated carbocycles. The number of carbonyl (C=O) groups excluding carboxylic acids is 1. The fraction of sp³-hybridized carbons (Fsp3) is 0.350. The zero-order valence-corrected chi connectivity index (χ0v) is 14.3. The number of nitrogens with zero attached hydrogens (tertiary/aromatic N) is 4. The maximum absolute atomic E-state index is 12.4. The Morgan fingerprint density at radius 3 is 2.48 bits per heavy atom. The fourth-order valence-corrected chi connectivity index (χ4v) is 3.10. The zero-order valence-electron chi connectivity index (χ0n) is 14.3. The van der Waals surface area contributed by atoms with E-state index in [4.69, 9.17) is 5.26 Å².